The van der Waals surface area contributed by atoms with E-state index >= 15 is 0 Å². The van der Waals surface area contributed by atoms with Gasteiger partial charge in [0.15, 0.2) is 0 Å². The zero-order valence-electron chi connectivity index (χ0n) is 11.1. The second-order valence-electron chi connectivity index (χ2n) is 5.31. The molecule has 2 heterocycles. The highest BCUT2D eigenvalue weighted by molar-refractivity contribution is 6.07. The second kappa shape index (κ2) is 5.69. The molecule has 1 spiro atoms. The lowest BCUT2D eigenvalue weighted by Crippen LogP contribution is -2.57. The summed E-state index contributed by atoms with van der Waals surface area (Å²) in [6.45, 7) is 4.22. The van der Waals surface area contributed by atoms with Gasteiger partial charge in [-0.1, -0.05) is 26.2 Å². The van der Waals surface area contributed by atoms with Crippen LogP contribution in [-0.4, -0.2) is 42.0 Å². The molecule has 0 aliphatic carbocycles. The molecule has 18 heavy (non-hydrogen) atoms. The molecule has 5 nitrogen and oxygen atoms in total. The first kappa shape index (κ1) is 13.3. The SMILES string of the molecule is CCCCCCN1C(=O)NC2(CCCNC2)C1=O. The predicted octanol–water partition coefficient (Wildman–Crippen LogP) is 1.24. The van der Waals surface area contributed by atoms with Gasteiger partial charge in [-0.05, 0) is 25.8 Å². The third-order valence-corrected chi connectivity index (χ3v) is 3.87. The normalized spacial score (nSPS) is 27.9. The summed E-state index contributed by atoms with van der Waals surface area (Å²) in [5.41, 5.74) is -0.653. The smallest absolute Gasteiger partial charge is 0.322 e. The highest BCUT2D eigenvalue weighted by Crippen LogP contribution is 2.25. The molecule has 3 amide bonds. The fourth-order valence-corrected chi connectivity index (χ4v) is 2.77. The molecule has 102 valence electrons. The Labute approximate surface area is 108 Å². The number of carbonyl (C=O) groups excluding carboxylic acids is 2. The Morgan fingerprint density at radius 3 is 2.78 bits per heavy atom. The van der Waals surface area contributed by atoms with Gasteiger partial charge in [-0.3, -0.25) is 9.69 Å². The number of amides is 3. The molecule has 0 aromatic rings. The van der Waals surface area contributed by atoms with Crippen LogP contribution in [0.15, 0.2) is 0 Å². The van der Waals surface area contributed by atoms with Crippen molar-refractivity contribution >= 4 is 11.9 Å². The van der Waals surface area contributed by atoms with Crippen LogP contribution >= 0.6 is 0 Å². The van der Waals surface area contributed by atoms with Gasteiger partial charge in [-0.15, -0.1) is 0 Å². The summed E-state index contributed by atoms with van der Waals surface area (Å²) in [6.07, 6.45) is 6.02. The quantitative estimate of drug-likeness (QED) is 0.572. The van der Waals surface area contributed by atoms with Gasteiger partial charge in [0.05, 0.1) is 0 Å². The molecule has 2 saturated heterocycles. The second-order valence-corrected chi connectivity index (χ2v) is 5.31. The van der Waals surface area contributed by atoms with E-state index in [0.717, 1.165) is 45.1 Å². The molecule has 2 aliphatic rings. The number of hydrogen-bond acceptors (Lipinski definition) is 3. The average Bonchev–Trinajstić information content (AvgIpc) is 2.59. The first-order chi connectivity index (χ1) is 8.69. The number of urea groups is 1. The molecule has 2 N–H and O–H groups in total. The Bertz CT molecular complexity index is 324. The van der Waals surface area contributed by atoms with Gasteiger partial charge < -0.3 is 10.6 Å². The van der Waals surface area contributed by atoms with E-state index in [1.165, 1.54) is 4.90 Å². The van der Waals surface area contributed by atoms with E-state index in [0.29, 0.717) is 13.1 Å². The van der Waals surface area contributed by atoms with Gasteiger partial charge in [0.2, 0.25) is 0 Å². The van der Waals surface area contributed by atoms with Crippen LogP contribution in [0.3, 0.4) is 0 Å². The van der Waals surface area contributed by atoms with Crippen LogP contribution in [0.2, 0.25) is 0 Å². The Morgan fingerprint density at radius 1 is 1.28 bits per heavy atom. The van der Waals surface area contributed by atoms with Crippen molar-refractivity contribution in [3.63, 3.8) is 0 Å². The van der Waals surface area contributed by atoms with Crippen LogP contribution in [0.25, 0.3) is 0 Å². The van der Waals surface area contributed by atoms with Crippen LogP contribution in [0, 0.1) is 0 Å². The number of hydrogen-bond donors (Lipinski definition) is 2. The summed E-state index contributed by atoms with van der Waals surface area (Å²) >= 11 is 0. The maximum Gasteiger partial charge on any atom is 0.325 e. The van der Waals surface area contributed by atoms with Crippen molar-refractivity contribution in [1.29, 1.82) is 0 Å². The first-order valence-electron chi connectivity index (χ1n) is 7.04. The van der Waals surface area contributed by atoms with E-state index < -0.39 is 5.54 Å². The molecular formula is C13H23N3O2. The molecule has 1 atom stereocenters. The monoisotopic (exact) mass is 253 g/mol. The van der Waals surface area contributed by atoms with Crippen molar-refractivity contribution in [1.82, 2.24) is 15.5 Å². The fourth-order valence-electron chi connectivity index (χ4n) is 2.77. The molecule has 2 rings (SSSR count). The van der Waals surface area contributed by atoms with Crippen LogP contribution in [0.5, 0.6) is 0 Å². The van der Waals surface area contributed by atoms with Crippen molar-refractivity contribution < 1.29 is 9.59 Å². The summed E-state index contributed by atoms with van der Waals surface area (Å²) in [5.74, 6) is -0.0313. The number of nitrogens with zero attached hydrogens (tertiary/aromatic N) is 1. The third kappa shape index (κ3) is 2.51. The maximum absolute atomic E-state index is 12.4. The summed E-state index contributed by atoms with van der Waals surface area (Å²) in [6, 6.07) is -0.208. The Balaban J connectivity index is 1.92. The van der Waals surface area contributed by atoms with Gasteiger partial charge in [0.1, 0.15) is 5.54 Å². The van der Waals surface area contributed by atoms with Crippen LogP contribution in [0.4, 0.5) is 4.79 Å². The zero-order valence-corrected chi connectivity index (χ0v) is 11.1. The fraction of sp³-hybridized carbons (Fsp3) is 0.846. The van der Waals surface area contributed by atoms with Crippen LogP contribution in [-0.2, 0) is 4.79 Å². The number of nitrogens with one attached hydrogen (secondary N) is 2. The number of imide groups is 1. The van der Waals surface area contributed by atoms with E-state index in [2.05, 4.69) is 17.6 Å². The maximum atomic E-state index is 12.4. The minimum absolute atomic E-state index is 0.0313. The number of rotatable bonds is 5. The molecule has 0 aromatic carbocycles. The molecule has 0 saturated carbocycles. The van der Waals surface area contributed by atoms with Crippen molar-refractivity contribution in [2.45, 2.75) is 51.0 Å². The van der Waals surface area contributed by atoms with Crippen LogP contribution in [0.1, 0.15) is 45.4 Å². The molecule has 2 aliphatic heterocycles. The lowest BCUT2D eigenvalue weighted by molar-refractivity contribution is -0.131. The largest absolute Gasteiger partial charge is 0.325 e. The third-order valence-electron chi connectivity index (χ3n) is 3.87. The summed E-state index contributed by atoms with van der Waals surface area (Å²) in [5, 5.41) is 6.09. The lowest BCUT2D eigenvalue weighted by Gasteiger charge is -2.31. The zero-order chi connectivity index (χ0) is 13.0. The Kier molecular flexibility index (Phi) is 4.22. The molecule has 1 unspecified atom stereocenters. The minimum Gasteiger partial charge on any atom is -0.322 e. The van der Waals surface area contributed by atoms with E-state index in [1.807, 2.05) is 0 Å². The number of carbonyl (C=O) groups is 2. The predicted molar refractivity (Wildman–Crippen MR) is 69.2 cm³/mol. The van der Waals surface area contributed by atoms with Crippen molar-refractivity contribution in [3.8, 4) is 0 Å². The first-order valence-corrected chi connectivity index (χ1v) is 7.04. The lowest BCUT2D eigenvalue weighted by atomic mass is 9.90. The van der Waals surface area contributed by atoms with Gasteiger partial charge in [-0.2, -0.15) is 0 Å². The summed E-state index contributed by atoms with van der Waals surface area (Å²) in [4.78, 5) is 25.7. The van der Waals surface area contributed by atoms with Crippen molar-refractivity contribution in [2.75, 3.05) is 19.6 Å². The highest BCUT2D eigenvalue weighted by atomic mass is 16.2. The standard InChI is InChI=1S/C13H23N3O2/c1-2-3-4-5-9-16-11(17)13(15-12(16)18)7-6-8-14-10-13/h14H,2-10H2,1H3,(H,15,18). The Hall–Kier alpha value is -1.10. The molecule has 0 bridgehead atoms. The number of unbranched alkanes of at least 4 members (excludes halogenated alkanes) is 3. The van der Waals surface area contributed by atoms with Crippen molar-refractivity contribution in [2.24, 2.45) is 0 Å². The van der Waals surface area contributed by atoms with Crippen LogP contribution < -0.4 is 10.6 Å². The molecule has 5 heteroatoms. The van der Waals surface area contributed by atoms with E-state index in [1.54, 1.807) is 0 Å². The van der Waals surface area contributed by atoms with Crippen molar-refractivity contribution in [3.05, 3.63) is 0 Å². The topological polar surface area (TPSA) is 61.4 Å². The molecule has 2 fully saturated rings. The Morgan fingerprint density at radius 2 is 2.11 bits per heavy atom. The molecule has 0 aromatic heterocycles. The molecular weight excluding hydrogens is 230 g/mol. The van der Waals surface area contributed by atoms with Gasteiger partial charge in [-0.25, -0.2) is 4.79 Å². The van der Waals surface area contributed by atoms with Gasteiger partial charge in [0.25, 0.3) is 5.91 Å². The number of piperidine rings is 1. The van der Waals surface area contributed by atoms with Gasteiger partial charge in [0, 0.05) is 13.1 Å². The summed E-state index contributed by atoms with van der Waals surface area (Å²) in [7, 11) is 0. The highest BCUT2D eigenvalue weighted by Gasteiger charge is 2.51. The molecule has 0 radical (unpaired) electrons. The van der Waals surface area contributed by atoms with E-state index in [9.17, 15) is 9.59 Å². The van der Waals surface area contributed by atoms with E-state index in [4.69, 9.17) is 0 Å². The van der Waals surface area contributed by atoms with E-state index in [-0.39, 0.29) is 11.9 Å². The average molecular weight is 253 g/mol. The summed E-state index contributed by atoms with van der Waals surface area (Å²) < 4.78 is 0. The van der Waals surface area contributed by atoms with Gasteiger partial charge >= 0.3 is 6.03 Å². The minimum atomic E-state index is -0.653.